The van der Waals surface area contributed by atoms with Crippen molar-refractivity contribution < 1.29 is 9.47 Å². The highest BCUT2D eigenvalue weighted by Gasteiger charge is 2.03. The van der Waals surface area contributed by atoms with Crippen molar-refractivity contribution in [3.8, 4) is 33.8 Å². The van der Waals surface area contributed by atoms with Crippen LogP contribution in [-0.2, 0) is 0 Å². The Hall–Kier alpha value is -3.52. The number of hydrogen-bond donors (Lipinski definition) is 0. The van der Waals surface area contributed by atoms with Crippen LogP contribution in [0.2, 0.25) is 0 Å². The van der Waals surface area contributed by atoms with E-state index in [9.17, 15) is 0 Å². The van der Waals surface area contributed by atoms with Crippen LogP contribution in [0.3, 0.4) is 0 Å². The minimum absolute atomic E-state index is 0.870. The lowest BCUT2D eigenvalue weighted by Gasteiger charge is -2.08. The van der Waals surface area contributed by atoms with Gasteiger partial charge in [-0.15, -0.1) is 0 Å². The van der Waals surface area contributed by atoms with E-state index in [-0.39, 0.29) is 0 Å². The van der Waals surface area contributed by atoms with E-state index < -0.39 is 0 Å². The van der Waals surface area contributed by atoms with E-state index in [2.05, 4.69) is 79.2 Å². The smallest absolute Gasteiger partial charge is 0.119 e. The zero-order valence-corrected chi connectivity index (χ0v) is 16.6. The second-order valence-corrected chi connectivity index (χ2v) is 6.85. The van der Waals surface area contributed by atoms with Gasteiger partial charge in [-0.3, -0.25) is 0 Å². The maximum atomic E-state index is 5.32. The molecule has 0 atom stereocenters. The SMILES string of the molecule is COc1cccc(-c2ccc([CH]c3ccc(-c4cccc(OC)c4)cc3)cc2)c1. The lowest BCUT2D eigenvalue weighted by molar-refractivity contribution is 0.415. The number of ether oxygens (including phenoxy) is 2. The molecule has 2 nitrogen and oxygen atoms in total. The van der Waals surface area contributed by atoms with Crippen LogP contribution in [0.4, 0.5) is 0 Å². The van der Waals surface area contributed by atoms with Crippen LogP contribution >= 0.6 is 0 Å². The topological polar surface area (TPSA) is 18.5 Å². The van der Waals surface area contributed by atoms with Gasteiger partial charge < -0.3 is 9.47 Å². The van der Waals surface area contributed by atoms with Crippen LogP contribution < -0.4 is 9.47 Å². The van der Waals surface area contributed by atoms with Crippen molar-refractivity contribution in [1.29, 1.82) is 0 Å². The van der Waals surface area contributed by atoms with Crippen LogP contribution in [0, 0.1) is 6.42 Å². The molecule has 4 aromatic carbocycles. The van der Waals surface area contributed by atoms with Gasteiger partial charge in [0.1, 0.15) is 11.5 Å². The van der Waals surface area contributed by atoms with Gasteiger partial charge in [0.25, 0.3) is 0 Å². The molecule has 0 fully saturated rings. The third kappa shape index (κ3) is 4.49. The molecule has 0 heterocycles. The van der Waals surface area contributed by atoms with Gasteiger partial charge in [0.15, 0.2) is 0 Å². The van der Waals surface area contributed by atoms with Gasteiger partial charge in [-0.2, -0.15) is 0 Å². The van der Waals surface area contributed by atoms with E-state index in [0.717, 1.165) is 22.6 Å². The van der Waals surface area contributed by atoms with Crippen LogP contribution in [-0.4, -0.2) is 14.2 Å². The van der Waals surface area contributed by atoms with Crippen LogP contribution in [0.15, 0.2) is 97.1 Å². The average molecular weight is 379 g/mol. The van der Waals surface area contributed by atoms with Crippen molar-refractivity contribution in [2.24, 2.45) is 0 Å². The predicted octanol–water partition coefficient (Wildman–Crippen LogP) is 6.64. The first-order chi connectivity index (χ1) is 14.2. The second kappa shape index (κ2) is 8.66. The van der Waals surface area contributed by atoms with Crippen molar-refractivity contribution in [3.63, 3.8) is 0 Å². The summed E-state index contributed by atoms with van der Waals surface area (Å²) >= 11 is 0. The molecule has 0 spiro atoms. The lowest BCUT2D eigenvalue weighted by atomic mass is 9.98. The quantitative estimate of drug-likeness (QED) is 0.374. The molecule has 143 valence electrons. The van der Waals surface area contributed by atoms with E-state index in [1.165, 1.54) is 22.3 Å². The zero-order chi connectivity index (χ0) is 20.1. The van der Waals surface area contributed by atoms with Crippen molar-refractivity contribution in [2.75, 3.05) is 14.2 Å². The maximum Gasteiger partial charge on any atom is 0.119 e. The average Bonchev–Trinajstić information content (AvgIpc) is 2.80. The summed E-state index contributed by atoms with van der Waals surface area (Å²) in [6.07, 6.45) is 2.19. The molecule has 4 aromatic rings. The lowest BCUT2D eigenvalue weighted by Crippen LogP contribution is -1.88. The molecule has 4 rings (SSSR count). The van der Waals surface area contributed by atoms with E-state index in [1.807, 2.05) is 24.3 Å². The fourth-order valence-corrected chi connectivity index (χ4v) is 3.34. The Morgan fingerprint density at radius 1 is 0.483 bits per heavy atom. The van der Waals surface area contributed by atoms with Crippen molar-refractivity contribution >= 4 is 0 Å². The highest BCUT2D eigenvalue weighted by atomic mass is 16.5. The highest BCUT2D eigenvalue weighted by Crippen LogP contribution is 2.27. The fraction of sp³-hybridized carbons (Fsp3) is 0.0741. The molecule has 0 aliphatic carbocycles. The van der Waals surface area contributed by atoms with E-state index >= 15 is 0 Å². The summed E-state index contributed by atoms with van der Waals surface area (Å²) < 4.78 is 10.6. The van der Waals surface area contributed by atoms with Gasteiger partial charge in [0.2, 0.25) is 0 Å². The Morgan fingerprint density at radius 2 is 0.897 bits per heavy atom. The minimum atomic E-state index is 0.870. The Kier molecular flexibility index (Phi) is 5.62. The Morgan fingerprint density at radius 3 is 1.28 bits per heavy atom. The number of benzene rings is 4. The highest BCUT2D eigenvalue weighted by molar-refractivity contribution is 5.67. The molecule has 0 bridgehead atoms. The largest absolute Gasteiger partial charge is 0.497 e. The monoisotopic (exact) mass is 379 g/mol. The molecule has 0 aliphatic heterocycles. The number of methoxy groups -OCH3 is 2. The van der Waals surface area contributed by atoms with Crippen LogP contribution in [0.5, 0.6) is 11.5 Å². The molecule has 2 heteroatoms. The first kappa shape index (κ1) is 18.8. The molecule has 0 saturated heterocycles. The summed E-state index contributed by atoms with van der Waals surface area (Å²) in [6.45, 7) is 0. The van der Waals surface area contributed by atoms with Crippen molar-refractivity contribution in [2.45, 2.75) is 0 Å². The van der Waals surface area contributed by atoms with Gasteiger partial charge in [-0.1, -0.05) is 72.8 Å². The van der Waals surface area contributed by atoms with Gasteiger partial charge in [0.05, 0.1) is 14.2 Å². The van der Waals surface area contributed by atoms with Gasteiger partial charge >= 0.3 is 0 Å². The Labute approximate surface area is 172 Å². The summed E-state index contributed by atoms with van der Waals surface area (Å²) in [7, 11) is 3.38. The van der Waals surface area contributed by atoms with Gasteiger partial charge in [0, 0.05) is 6.42 Å². The second-order valence-electron chi connectivity index (χ2n) is 6.85. The molecule has 0 N–H and O–H groups in total. The van der Waals surface area contributed by atoms with Crippen LogP contribution in [0.25, 0.3) is 22.3 Å². The molecule has 0 saturated carbocycles. The molecular weight excluding hydrogens is 356 g/mol. The molecular formula is C27H23O2. The van der Waals surface area contributed by atoms with Crippen molar-refractivity contribution in [3.05, 3.63) is 115 Å². The third-order valence-corrected chi connectivity index (χ3v) is 4.96. The normalized spacial score (nSPS) is 10.6. The third-order valence-electron chi connectivity index (χ3n) is 4.96. The van der Waals surface area contributed by atoms with Gasteiger partial charge in [-0.25, -0.2) is 0 Å². The summed E-state index contributed by atoms with van der Waals surface area (Å²) in [4.78, 5) is 0. The standard InChI is InChI=1S/C27H23O2/c1-28-26-7-3-5-24(18-26)22-13-9-20(10-14-22)17-21-11-15-23(16-12-21)25-6-4-8-27(19-25)29-2/h3-19H,1-2H3. The Bertz CT molecular complexity index is 991. The maximum absolute atomic E-state index is 5.32. The first-order valence-electron chi connectivity index (χ1n) is 9.59. The summed E-state index contributed by atoms with van der Waals surface area (Å²) in [5, 5.41) is 0. The van der Waals surface area contributed by atoms with E-state index in [0.29, 0.717) is 0 Å². The molecule has 0 amide bonds. The minimum Gasteiger partial charge on any atom is -0.497 e. The van der Waals surface area contributed by atoms with E-state index in [4.69, 9.17) is 9.47 Å². The van der Waals surface area contributed by atoms with E-state index in [1.54, 1.807) is 14.2 Å². The molecule has 1 radical (unpaired) electrons. The summed E-state index contributed by atoms with van der Waals surface area (Å²) in [6, 6.07) is 33.4. The summed E-state index contributed by atoms with van der Waals surface area (Å²) in [5.41, 5.74) is 7.00. The summed E-state index contributed by atoms with van der Waals surface area (Å²) in [5.74, 6) is 1.74. The van der Waals surface area contributed by atoms with Crippen molar-refractivity contribution in [1.82, 2.24) is 0 Å². The molecule has 0 aromatic heterocycles. The predicted molar refractivity (Wildman–Crippen MR) is 119 cm³/mol. The zero-order valence-electron chi connectivity index (χ0n) is 16.6. The molecule has 29 heavy (non-hydrogen) atoms. The number of rotatable bonds is 6. The van der Waals surface area contributed by atoms with Crippen LogP contribution in [0.1, 0.15) is 11.1 Å². The Balaban J connectivity index is 1.47. The van der Waals surface area contributed by atoms with Gasteiger partial charge in [-0.05, 0) is 57.6 Å². The fourth-order valence-electron chi connectivity index (χ4n) is 3.34. The molecule has 0 aliphatic rings. The molecule has 0 unspecified atom stereocenters. The first-order valence-corrected chi connectivity index (χ1v) is 9.59. The number of hydrogen-bond acceptors (Lipinski definition) is 2.